The molecule has 0 aliphatic rings. The second-order valence-electron chi connectivity index (χ2n) is 4.34. The number of aromatic nitrogens is 1. The van der Waals surface area contributed by atoms with Crippen LogP contribution < -0.4 is 15.4 Å². The van der Waals surface area contributed by atoms with Gasteiger partial charge < -0.3 is 15.4 Å². The third kappa shape index (κ3) is 5.72. The van der Waals surface area contributed by atoms with Gasteiger partial charge in [-0.1, -0.05) is 12.8 Å². The normalized spacial score (nSPS) is 9.85. The lowest BCUT2D eigenvalue weighted by Crippen LogP contribution is -2.29. The van der Waals surface area contributed by atoms with Gasteiger partial charge in [0, 0.05) is 12.2 Å². The zero-order chi connectivity index (χ0) is 14.8. The third-order valence-corrected chi connectivity index (χ3v) is 2.54. The van der Waals surface area contributed by atoms with Crippen LogP contribution in [0, 0.1) is 19.3 Å². The largest absolute Gasteiger partial charge is 0.482 e. The Bertz CT molecular complexity index is 480. The Morgan fingerprint density at radius 1 is 1.50 bits per heavy atom. The summed E-state index contributed by atoms with van der Waals surface area (Å²) in [6.45, 7) is 5.71. The lowest BCUT2D eigenvalue weighted by molar-refractivity contribution is -0.122. The van der Waals surface area contributed by atoms with Gasteiger partial charge in [-0.15, -0.1) is 6.42 Å². The fourth-order valence-corrected chi connectivity index (χ4v) is 1.58. The van der Waals surface area contributed by atoms with Crippen molar-refractivity contribution in [2.24, 2.45) is 0 Å². The number of amides is 1. The minimum Gasteiger partial charge on any atom is -0.482 e. The van der Waals surface area contributed by atoms with Crippen LogP contribution in [0.1, 0.15) is 24.7 Å². The molecule has 0 aliphatic heterocycles. The number of pyridine rings is 1. The second-order valence-corrected chi connectivity index (χ2v) is 4.34. The number of nitrogens with zero attached hydrogens (tertiary/aromatic N) is 1. The maximum Gasteiger partial charge on any atom is 0.258 e. The number of hydrogen-bond acceptors (Lipinski definition) is 4. The summed E-state index contributed by atoms with van der Waals surface area (Å²) in [6.07, 6.45) is 6.12. The summed E-state index contributed by atoms with van der Waals surface area (Å²) in [5, 5.41) is 5.82. The number of carbonyl (C=O) groups excluding carboxylic acids is 1. The number of hydrogen-bond donors (Lipinski definition) is 2. The van der Waals surface area contributed by atoms with Gasteiger partial charge in [0.15, 0.2) is 6.61 Å². The van der Waals surface area contributed by atoms with E-state index in [1.165, 1.54) is 0 Å². The monoisotopic (exact) mass is 275 g/mol. The van der Waals surface area contributed by atoms with Gasteiger partial charge in [0.2, 0.25) is 0 Å². The standard InChI is InChI=1S/C15H21N3O2/c1-4-8-16-10-13-14(7-6-12(3)18-13)20-11-15(19)17-9-5-2/h2,6-7,16H,4,8-11H2,1,3H3,(H,17,19). The van der Waals surface area contributed by atoms with Gasteiger partial charge in [-0.3, -0.25) is 9.78 Å². The van der Waals surface area contributed by atoms with E-state index in [0.29, 0.717) is 12.3 Å². The molecule has 1 aromatic rings. The molecule has 0 spiro atoms. The van der Waals surface area contributed by atoms with Gasteiger partial charge in [-0.25, -0.2) is 0 Å². The van der Waals surface area contributed by atoms with Crippen molar-refractivity contribution in [2.45, 2.75) is 26.8 Å². The first kappa shape index (κ1) is 16.0. The van der Waals surface area contributed by atoms with E-state index < -0.39 is 0 Å². The van der Waals surface area contributed by atoms with Crippen LogP contribution in [-0.2, 0) is 11.3 Å². The molecule has 20 heavy (non-hydrogen) atoms. The topological polar surface area (TPSA) is 63.2 Å². The number of ether oxygens (including phenoxy) is 1. The molecule has 0 aliphatic carbocycles. The highest BCUT2D eigenvalue weighted by molar-refractivity contribution is 5.77. The highest BCUT2D eigenvalue weighted by atomic mass is 16.5. The Morgan fingerprint density at radius 2 is 2.30 bits per heavy atom. The predicted octanol–water partition coefficient (Wildman–Crippen LogP) is 1.02. The molecule has 1 aromatic heterocycles. The minimum atomic E-state index is -0.240. The minimum absolute atomic E-state index is 0.0623. The Balaban J connectivity index is 2.59. The first-order valence-corrected chi connectivity index (χ1v) is 6.67. The molecule has 0 bridgehead atoms. The number of rotatable bonds is 8. The SMILES string of the molecule is C#CCNC(=O)COc1ccc(C)nc1CNCCC. The molecular weight excluding hydrogens is 254 g/mol. The quantitative estimate of drug-likeness (QED) is 0.549. The van der Waals surface area contributed by atoms with Crippen molar-refractivity contribution in [2.75, 3.05) is 19.7 Å². The smallest absolute Gasteiger partial charge is 0.258 e. The van der Waals surface area contributed by atoms with Crippen molar-refractivity contribution in [3.05, 3.63) is 23.5 Å². The average Bonchev–Trinajstić information content (AvgIpc) is 2.44. The zero-order valence-corrected chi connectivity index (χ0v) is 12.0. The Kier molecular flexibility index (Phi) is 7.15. The molecular formula is C15H21N3O2. The number of carbonyl (C=O) groups is 1. The van der Waals surface area contributed by atoms with E-state index in [-0.39, 0.29) is 19.1 Å². The van der Waals surface area contributed by atoms with E-state index in [1.807, 2.05) is 19.1 Å². The molecule has 5 heteroatoms. The van der Waals surface area contributed by atoms with Gasteiger partial charge >= 0.3 is 0 Å². The first-order chi connectivity index (χ1) is 9.67. The number of aryl methyl sites for hydroxylation is 1. The molecule has 108 valence electrons. The first-order valence-electron chi connectivity index (χ1n) is 6.67. The molecule has 0 fully saturated rings. The van der Waals surface area contributed by atoms with E-state index in [4.69, 9.17) is 11.2 Å². The van der Waals surface area contributed by atoms with Gasteiger partial charge in [0.25, 0.3) is 5.91 Å². The van der Waals surface area contributed by atoms with Crippen LogP contribution in [0.2, 0.25) is 0 Å². The highest BCUT2D eigenvalue weighted by Gasteiger charge is 2.08. The summed E-state index contributed by atoms with van der Waals surface area (Å²) in [6, 6.07) is 3.69. The Labute approximate surface area is 120 Å². The lowest BCUT2D eigenvalue weighted by Gasteiger charge is -2.11. The third-order valence-electron chi connectivity index (χ3n) is 2.54. The van der Waals surface area contributed by atoms with Crippen LogP contribution in [-0.4, -0.2) is 30.6 Å². The van der Waals surface area contributed by atoms with Gasteiger partial charge in [0.05, 0.1) is 12.2 Å². The van der Waals surface area contributed by atoms with Gasteiger partial charge in [-0.05, 0) is 32.0 Å². The van der Waals surface area contributed by atoms with Crippen LogP contribution in [0.3, 0.4) is 0 Å². The zero-order valence-electron chi connectivity index (χ0n) is 12.0. The average molecular weight is 275 g/mol. The molecule has 1 amide bonds. The summed E-state index contributed by atoms with van der Waals surface area (Å²) in [5.74, 6) is 2.72. The number of nitrogens with one attached hydrogen (secondary N) is 2. The van der Waals surface area contributed by atoms with Crippen molar-refractivity contribution in [1.29, 1.82) is 0 Å². The second kappa shape index (κ2) is 8.94. The molecule has 0 radical (unpaired) electrons. The summed E-state index contributed by atoms with van der Waals surface area (Å²) < 4.78 is 5.50. The fourth-order valence-electron chi connectivity index (χ4n) is 1.58. The van der Waals surface area contributed by atoms with Crippen LogP contribution >= 0.6 is 0 Å². The molecule has 0 saturated carbocycles. The molecule has 0 atom stereocenters. The maximum absolute atomic E-state index is 11.4. The molecule has 0 aromatic carbocycles. The van der Waals surface area contributed by atoms with Crippen LogP contribution in [0.4, 0.5) is 0 Å². The molecule has 1 rings (SSSR count). The Hall–Kier alpha value is -2.06. The van der Waals surface area contributed by atoms with E-state index in [0.717, 1.165) is 24.4 Å². The van der Waals surface area contributed by atoms with Crippen LogP contribution in [0.15, 0.2) is 12.1 Å². The summed E-state index contributed by atoms with van der Waals surface area (Å²) in [5.41, 5.74) is 1.73. The van der Waals surface area contributed by atoms with Crippen molar-refractivity contribution >= 4 is 5.91 Å². The molecule has 5 nitrogen and oxygen atoms in total. The van der Waals surface area contributed by atoms with E-state index in [2.05, 4.69) is 28.5 Å². The van der Waals surface area contributed by atoms with E-state index >= 15 is 0 Å². The highest BCUT2D eigenvalue weighted by Crippen LogP contribution is 2.16. The Morgan fingerprint density at radius 3 is 3.00 bits per heavy atom. The summed E-state index contributed by atoms with van der Waals surface area (Å²) in [7, 11) is 0. The lowest BCUT2D eigenvalue weighted by atomic mass is 10.2. The van der Waals surface area contributed by atoms with Crippen molar-refractivity contribution in [3.63, 3.8) is 0 Å². The van der Waals surface area contributed by atoms with Crippen molar-refractivity contribution in [1.82, 2.24) is 15.6 Å². The molecule has 0 unspecified atom stereocenters. The predicted molar refractivity (Wildman–Crippen MR) is 78.3 cm³/mol. The van der Waals surface area contributed by atoms with Crippen LogP contribution in [0.5, 0.6) is 5.75 Å². The van der Waals surface area contributed by atoms with Gasteiger partial charge in [-0.2, -0.15) is 0 Å². The van der Waals surface area contributed by atoms with Gasteiger partial charge in [0.1, 0.15) is 5.75 Å². The van der Waals surface area contributed by atoms with Crippen molar-refractivity contribution in [3.8, 4) is 18.1 Å². The molecule has 0 saturated heterocycles. The van der Waals surface area contributed by atoms with Crippen molar-refractivity contribution < 1.29 is 9.53 Å². The number of terminal acetylenes is 1. The molecule has 2 N–H and O–H groups in total. The summed E-state index contributed by atoms with van der Waals surface area (Å²) in [4.78, 5) is 15.9. The van der Waals surface area contributed by atoms with E-state index in [1.54, 1.807) is 0 Å². The summed E-state index contributed by atoms with van der Waals surface area (Å²) >= 11 is 0. The fraction of sp³-hybridized carbons (Fsp3) is 0.467. The van der Waals surface area contributed by atoms with E-state index in [9.17, 15) is 4.79 Å². The van der Waals surface area contributed by atoms with Crippen LogP contribution in [0.25, 0.3) is 0 Å². The molecule has 1 heterocycles. The maximum atomic E-state index is 11.4.